The lowest BCUT2D eigenvalue weighted by atomic mass is 10.2. The number of nitrogens with one attached hydrogen (secondary N) is 2. The molecule has 3 aliphatic rings. The third kappa shape index (κ3) is 3.78. The van der Waals surface area contributed by atoms with Crippen molar-refractivity contribution in [1.82, 2.24) is 30.1 Å². The number of aromatic amines is 1. The highest BCUT2D eigenvalue weighted by atomic mass is 16.5. The minimum absolute atomic E-state index is 0.250. The topological polar surface area (TPSA) is 124 Å². The highest BCUT2D eigenvalue weighted by Crippen LogP contribution is 2.34. The smallest absolute Gasteiger partial charge is 0.290 e. The molecular weight excluding hydrogens is 412 g/mol. The highest BCUT2D eigenvalue weighted by Gasteiger charge is 2.35. The molecule has 32 heavy (non-hydrogen) atoms. The van der Waals surface area contributed by atoms with Crippen LogP contribution in [-0.2, 0) is 9.53 Å². The number of morpholine rings is 1. The summed E-state index contributed by atoms with van der Waals surface area (Å²) in [5.41, 5.74) is 3.02. The summed E-state index contributed by atoms with van der Waals surface area (Å²) in [5, 5.41) is 22.6. The first-order valence-electron chi connectivity index (χ1n) is 11.0. The van der Waals surface area contributed by atoms with E-state index in [0.29, 0.717) is 18.2 Å². The van der Waals surface area contributed by atoms with Gasteiger partial charge in [-0.15, -0.1) is 5.10 Å². The van der Waals surface area contributed by atoms with Gasteiger partial charge in [-0.3, -0.25) is 9.89 Å². The van der Waals surface area contributed by atoms with Crippen LogP contribution in [0, 0.1) is 0 Å². The summed E-state index contributed by atoms with van der Waals surface area (Å²) in [7, 11) is 0. The van der Waals surface area contributed by atoms with Gasteiger partial charge in [-0.1, -0.05) is 0 Å². The molecule has 0 spiro atoms. The van der Waals surface area contributed by atoms with Crippen molar-refractivity contribution in [2.45, 2.75) is 38.0 Å². The summed E-state index contributed by atoms with van der Waals surface area (Å²) in [6.45, 7) is 6.75. The van der Waals surface area contributed by atoms with Crippen LogP contribution < -0.4 is 15.1 Å². The maximum atomic E-state index is 8.36. The predicted molar refractivity (Wildman–Crippen MR) is 119 cm³/mol. The molecule has 3 unspecified atom stereocenters. The van der Waals surface area contributed by atoms with Gasteiger partial charge in [0.1, 0.15) is 11.2 Å². The molecule has 6 rings (SSSR count). The van der Waals surface area contributed by atoms with Crippen LogP contribution in [0.3, 0.4) is 0 Å². The van der Waals surface area contributed by atoms with Crippen molar-refractivity contribution in [2.75, 3.05) is 42.5 Å². The van der Waals surface area contributed by atoms with E-state index in [1.165, 1.54) is 5.69 Å². The van der Waals surface area contributed by atoms with Crippen molar-refractivity contribution in [3.05, 3.63) is 24.5 Å². The second-order valence-electron chi connectivity index (χ2n) is 8.44. The number of H-pyrrole nitrogens is 1. The van der Waals surface area contributed by atoms with E-state index in [1.54, 1.807) is 0 Å². The van der Waals surface area contributed by atoms with Gasteiger partial charge in [0.15, 0.2) is 11.6 Å². The summed E-state index contributed by atoms with van der Waals surface area (Å²) in [6.07, 6.45) is 6.68. The molecule has 0 radical (unpaired) electrons. The van der Waals surface area contributed by atoms with Crippen LogP contribution in [0.25, 0.3) is 17.0 Å². The van der Waals surface area contributed by atoms with Crippen molar-refractivity contribution in [3.8, 4) is 11.5 Å². The number of nitrogens with zero attached hydrogens (tertiary/aromatic N) is 6. The van der Waals surface area contributed by atoms with E-state index in [2.05, 4.69) is 43.3 Å². The van der Waals surface area contributed by atoms with Gasteiger partial charge in [-0.2, -0.15) is 5.10 Å². The quantitative estimate of drug-likeness (QED) is 0.511. The van der Waals surface area contributed by atoms with Crippen molar-refractivity contribution in [2.24, 2.45) is 0 Å². The second kappa shape index (κ2) is 8.75. The molecule has 3 N–H and O–H groups in total. The van der Waals surface area contributed by atoms with Crippen molar-refractivity contribution >= 4 is 23.5 Å². The van der Waals surface area contributed by atoms with Gasteiger partial charge in [0.2, 0.25) is 0 Å². The summed E-state index contributed by atoms with van der Waals surface area (Å²) in [6, 6.07) is 4.59. The molecule has 0 saturated carbocycles. The molecule has 2 bridgehead atoms. The largest absolute Gasteiger partial charge is 0.483 e. The standard InChI is InChI=1S/C20H26N8O.CH2O2/c1-13-9-21-6-7-27(13)17-8-19(26-11-14-2-3-15(12-26)29-14)25-28-18(17)10-22-20(28)16-4-5-23-24-16;2-1-3/h4-5,8,10,13-15,21H,2-3,6-7,9,11-12H2,1H3,(H,23,24);1H,(H,2,3). The van der Waals surface area contributed by atoms with Crippen molar-refractivity contribution < 1.29 is 14.6 Å². The molecule has 3 aromatic heterocycles. The maximum absolute atomic E-state index is 8.36. The fourth-order valence-corrected chi connectivity index (χ4v) is 4.89. The summed E-state index contributed by atoms with van der Waals surface area (Å²) in [5.74, 6) is 1.76. The highest BCUT2D eigenvalue weighted by molar-refractivity contribution is 5.78. The summed E-state index contributed by atoms with van der Waals surface area (Å²) in [4.78, 5) is 17.9. The van der Waals surface area contributed by atoms with Gasteiger partial charge >= 0.3 is 0 Å². The molecule has 3 atom stereocenters. The molecule has 170 valence electrons. The van der Waals surface area contributed by atoms with Crippen LogP contribution in [0.4, 0.5) is 11.5 Å². The van der Waals surface area contributed by atoms with Gasteiger partial charge in [0.25, 0.3) is 6.47 Å². The Morgan fingerprint density at radius 1 is 1.28 bits per heavy atom. The molecule has 11 nitrogen and oxygen atoms in total. The van der Waals surface area contributed by atoms with E-state index >= 15 is 0 Å². The zero-order chi connectivity index (χ0) is 22.1. The van der Waals surface area contributed by atoms with Crippen LogP contribution in [0.2, 0.25) is 0 Å². The fraction of sp³-hybridized carbons (Fsp3) is 0.524. The van der Waals surface area contributed by atoms with Crippen molar-refractivity contribution in [3.63, 3.8) is 0 Å². The zero-order valence-corrected chi connectivity index (χ0v) is 18.0. The first kappa shape index (κ1) is 20.7. The molecule has 11 heteroatoms. The van der Waals surface area contributed by atoms with E-state index in [-0.39, 0.29) is 6.47 Å². The molecule has 0 aliphatic carbocycles. The third-order valence-corrected chi connectivity index (χ3v) is 6.38. The number of hydrogen-bond donors (Lipinski definition) is 3. The number of fused-ring (bicyclic) bond motifs is 3. The van der Waals surface area contributed by atoms with Crippen LogP contribution in [0.15, 0.2) is 24.5 Å². The molecule has 6 heterocycles. The number of imidazole rings is 1. The Kier molecular flexibility index (Phi) is 5.66. The molecule has 0 amide bonds. The van der Waals surface area contributed by atoms with Crippen LogP contribution >= 0.6 is 0 Å². The van der Waals surface area contributed by atoms with E-state index in [4.69, 9.17) is 19.7 Å². The first-order chi connectivity index (χ1) is 15.7. The fourth-order valence-electron chi connectivity index (χ4n) is 4.89. The molecule has 3 aromatic rings. The van der Waals surface area contributed by atoms with Gasteiger partial charge in [0.05, 0.1) is 24.1 Å². The van der Waals surface area contributed by atoms with Crippen LogP contribution in [0.1, 0.15) is 19.8 Å². The van der Waals surface area contributed by atoms with E-state index in [9.17, 15) is 0 Å². The van der Waals surface area contributed by atoms with Crippen LogP contribution in [-0.4, -0.2) is 87.3 Å². The predicted octanol–water partition coefficient (Wildman–Crippen LogP) is 0.986. The average molecular weight is 441 g/mol. The number of rotatable bonds is 3. The molecular formula is C21H28N8O3. The summed E-state index contributed by atoms with van der Waals surface area (Å²) >= 11 is 0. The minimum Gasteiger partial charge on any atom is -0.483 e. The van der Waals surface area contributed by atoms with Gasteiger partial charge in [-0.25, -0.2) is 9.50 Å². The van der Waals surface area contributed by atoms with Crippen molar-refractivity contribution in [1.29, 1.82) is 0 Å². The third-order valence-electron chi connectivity index (χ3n) is 6.38. The molecule has 3 fully saturated rings. The van der Waals surface area contributed by atoms with E-state index < -0.39 is 0 Å². The normalized spacial score (nSPS) is 25.0. The Morgan fingerprint density at radius 2 is 2.06 bits per heavy atom. The minimum atomic E-state index is -0.250. The lowest BCUT2D eigenvalue weighted by Crippen LogP contribution is -2.50. The Balaban J connectivity index is 0.000000684. The van der Waals surface area contributed by atoms with Gasteiger partial charge < -0.3 is 25.0 Å². The number of ether oxygens (including phenoxy) is 1. The summed E-state index contributed by atoms with van der Waals surface area (Å²) < 4.78 is 8.01. The SMILES string of the molecule is CC1CNCCN1c1cc(N2CC3CCC(C2)O3)nn2c(-c3cc[nH]n3)ncc12.O=CO. The lowest BCUT2D eigenvalue weighted by molar-refractivity contribution is -0.122. The zero-order valence-electron chi connectivity index (χ0n) is 18.0. The van der Waals surface area contributed by atoms with Gasteiger partial charge in [-0.05, 0) is 25.8 Å². The number of anilines is 2. The molecule has 0 aromatic carbocycles. The first-order valence-corrected chi connectivity index (χ1v) is 11.0. The molecule has 3 aliphatic heterocycles. The van der Waals surface area contributed by atoms with E-state index in [0.717, 1.165) is 68.4 Å². The number of aromatic nitrogens is 5. The van der Waals surface area contributed by atoms with E-state index in [1.807, 2.05) is 23.0 Å². The Hall–Kier alpha value is -3.18. The lowest BCUT2D eigenvalue weighted by Gasteiger charge is -2.37. The van der Waals surface area contributed by atoms with Gasteiger partial charge in [0, 0.05) is 51.0 Å². The Morgan fingerprint density at radius 3 is 2.75 bits per heavy atom. The maximum Gasteiger partial charge on any atom is 0.290 e. The Labute approximate surface area is 185 Å². The molecule has 3 saturated heterocycles. The Bertz CT molecular complexity index is 1060. The monoisotopic (exact) mass is 440 g/mol. The number of piperazine rings is 1. The number of hydrogen-bond acceptors (Lipinski definition) is 8. The average Bonchev–Trinajstić information content (AvgIpc) is 3.54. The second-order valence-corrected chi connectivity index (χ2v) is 8.44. The number of carbonyl (C=O) groups is 1. The van der Waals surface area contributed by atoms with Crippen LogP contribution in [0.5, 0.6) is 0 Å². The number of carboxylic acid groups (broad SMARTS) is 1.